The molecular weight excluding hydrogens is 767 g/mol. The molecule has 1 amide bonds. The van der Waals surface area contributed by atoms with E-state index in [9.17, 15) is 19.8 Å². The lowest BCUT2D eigenvalue weighted by atomic mass is 10.0. The molecule has 0 radical (unpaired) electrons. The second kappa shape index (κ2) is 51.7. The summed E-state index contributed by atoms with van der Waals surface area (Å²) in [4.78, 5) is 24.4. The van der Waals surface area contributed by atoms with Crippen LogP contribution in [0.4, 0.5) is 0 Å². The number of rotatable bonds is 50. The lowest BCUT2D eigenvalue weighted by molar-refractivity contribution is -0.143. The van der Waals surface area contributed by atoms with Crippen LogP contribution in [-0.2, 0) is 14.3 Å². The maximum absolute atomic E-state index is 12.4. The van der Waals surface area contributed by atoms with Crippen LogP contribution in [0, 0.1) is 0 Å². The number of unbranched alkanes of at least 4 members (excludes halogenated alkanes) is 35. The van der Waals surface area contributed by atoms with Crippen LogP contribution in [0.2, 0.25) is 0 Å². The molecule has 2 atom stereocenters. The van der Waals surface area contributed by atoms with E-state index in [1.807, 2.05) is 6.08 Å². The van der Waals surface area contributed by atoms with Crippen molar-refractivity contribution >= 4 is 11.9 Å². The third-order valence-corrected chi connectivity index (χ3v) is 12.4. The zero-order chi connectivity index (χ0) is 45.1. The van der Waals surface area contributed by atoms with Gasteiger partial charge in [-0.1, -0.05) is 230 Å². The number of aliphatic hydroxyl groups is 2. The zero-order valence-corrected chi connectivity index (χ0v) is 41.4. The first-order chi connectivity index (χ1) is 30.5. The largest absolute Gasteiger partial charge is 0.466 e. The number of carbonyl (C=O) groups is 2. The van der Waals surface area contributed by atoms with Crippen LogP contribution in [0.5, 0.6) is 0 Å². The van der Waals surface area contributed by atoms with E-state index in [-0.39, 0.29) is 18.5 Å². The number of amides is 1. The second-order valence-corrected chi connectivity index (χ2v) is 18.5. The van der Waals surface area contributed by atoms with Gasteiger partial charge in [0.25, 0.3) is 0 Å². The van der Waals surface area contributed by atoms with Crippen molar-refractivity contribution < 1.29 is 24.5 Å². The van der Waals surface area contributed by atoms with Crippen molar-refractivity contribution in [2.24, 2.45) is 0 Å². The maximum Gasteiger partial charge on any atom is 0.305 e. The molecule has 0 aliphatic heterocycles. The maximum atomic E-state index is 12.4. The van der Waals surface area contributed by atoms with Crippen LogP contribution < -0.4 is 5.32 Å². The van der Waals surface area contributed by atoms with Crippen molar-refractivity contribution in [1.29, 1.82) is 0 Å². The highest BCUT2D eigenvalue weighted by Gasteiger charge is 2.18. The van der Waals surface area contributed by atoms with Gasteiger partial charge in [0.05, 0.1) is 25.4 Å². The highest BCUT2D eigenvalue weighted by molar-refractivity contribution is 5.76. The molecule has 2 unspecified atom stereocenters. The van der Waals surface area contributed by atoms with E-state index in [1.165, 1.54) is 212 Å². The average molecular weight is 872 g/mol. The standard InChI is InChI=1S/C56H105NO5/c1-3-5-7-9-11-13-29-34-38-42-46-50-56(61)62-51-47-43-39-35-31-28-26-24-22-20-18-16-15-17-19-21-23-25-27-30-33-37-41-45-49-55(60)57-53(52-58)54(59)48-44-40-36-32-14-12-10-8-6-4-2/h9,11,17,19,44,48,53-54,58-59H,3-8,10,12-16,18,20-43,45-47,49-52H2,1-2H3,(H,57,60)/b11-9-,19-17-,48-44+. The summed E-state index contributed by atoms with van der Waals surface area (Å²) in [6.45, 7) is 4.84. The van der Waals surface area contributed by atoms with Gasteiger partial charge in [-0.25, -0.2) is 0 Å². The smallest absolute Gasteiger partial charge is 0.305 e. The molecule has 62 heavy (non-hydrogen) atoms. The van der Waals surface area contributed by atoms with Crippen LogP contribution in [0.3, 0.4) is 0 Å². The minimum atomic E-state index is -0.845. The first-order valence-corrected chi connectivity index (χ1v) is 27.3. The first kappa shape index (κ1) is 60.1. The molecule has 3 N–H and O–H groups in total. The van der Waals surface area contributed by atoms with Crippen LogP contribution in [0.1, 0.15) is 284 Å². The molecule has 0 saturated heterocycles. The fraction of sp³-hybridized carbons (Fsp3) is 0.857. The predicted molar refractivity (Wildman–Crippen MR) is 269 cm³/mol. The molecule has 0 bridgehead atoms. The van der Waals surface area contributed by atoms with Crippen LogP contribution in [0.15, 0.2) is 36.5 Å². The summed E-state index contributed by atoms with van der Waals surface area (Å²) >= 11 is 0. The Balaban J connectivity index is 3.41. The Morgan fingerprint density at radius 3 is 1.19 bits per heavy atom. The van der Waals surface area contributed by atoms with E-state index in [1.54, 1.807) is 6.08 Å². The molecule has 0 aromatic rings. The number of carbonyl (C=O) groups excluding carboxylic acids is 2. The third kappa shape index (κ3) is 47.6. The number of nitrogens with one attached hydrogen (secondary N) is 1. The number of hydrogen-bond acceptors (Lipinski definition) is 5. The fourth-order valence-electron chi connectivity index (χ4n) is 8.14. The number of ether oxygens (including phenoxy) is 1. The molecule has 0 aromatic heterocycles. The van der Waals surface area contributed by atoms with Crippen molar-refractivity contribution in [1.82, 2.24) is 5.32 Å². The SMILES string of the molecule is CCCC/C=C\CCCCCCCC(=O)OCCCCCCCCCCCCCC/C=C\CCCCCCCCCCC(=O)NC(CO)C(O)/C=C/CCCCCCCCCC. The topological polar surface area (TPSA) is 95.9 Å². The van der Waals surface area contributed by atoms with E-state index >= 15 is 0 Å². The monoisotopic (exact) mass is 872 g/mol. The average Bonchev–Trinajstić information content (AvgIpc) is 3.27. The van der Waals surface area contributed by atoms with Crippen LogP contribution in [0.25, 0.3) is 0 Å². The van der Waals surface area contributed by atoms with Gasteiger partial charge < -0.3 is 20.3 Å². The summed E-state index contributed by atoms with van der Waals surface area (Å²) in [5.74, 6) is -0.0747. The lowest BCUT2D eigenvalue weighted by Gasteiger charge is -2.20. The van der Waals surface area contributed by atoms with Gasteiger partial charge >= 0.3 is 5.97 Å². The highest BCUT2D eigenvalue weighted by Crippen LogP contribution is 2.15. The predicted octanol–water partition coefficient (Wildman–Crippen LogP) is 16.5. The van der Waals surface area contributed by atoms with Gasteiger partial charge in [0.15, 0.2) is 0 Å². The number of hydrogen-bond donors (Lipinski definition) is 3. The molecule has 0 rings (SSSR count). The molecule has 0 aliphatic carbocycles. The Morgan fingerprint density at radius 1 is 0.435 bits per heavy atom. The summed E-state index contributed by atoms with van der Waals surface area (Å²) in [6.07, 6.45) is 63.1. The van der Waals surface area contributed by atoms with Crippen molar-refractivity contribution in [3.05, 3.63) is 36.5 Å². The van der Waals surface area contributed by atoms with Gasteiger partial charge in [0.2, 0.25) is 5.91 Å². The van der Waals surface area contributed by atoms with Gasteiger partial charge in [0.1, 0.15) is 0 Å². The van der Waals surface area contributed by atoms with E-state index in [4.69, 9.17) is 4.74 Å². The Labute approximate surface area is 385 Å². The van der Waals surface area contributed by atoms with Gasteiger partial charge in [-0.15, -0.1) is 0 Å². The van der Waals surface area contributed by atoms with Crippen LogP contribution in [-0.4, -0.2) is 47.4 Å². The van der Waals surface area contributed by atoms with E-state index in [2.05, 4.69) is 43.5 Å². The van der Waals surface area contributed by atoms with Crippen molar-refractivity contribution in [2.75, 3.05) is 13.2 Å². The van der Waals surface area contributed by atoms with Gasteiger partial charge in [0, 0.05) is 12.8 Å². The molecule has 0 aliphatic rings. The summed E-state index contributed by atoms with van der Waals surface area (Å²) in [6, 6.07) is -0.629. The molecule has 0 spiro atoms. The highest BCUT2D eigenvalue weighted by atomic mass is 16.5. The van der Waals surface area contributed by atoms with Gasteiger partial charge in [-0.3, -0.25) is 9.59 Å². The third-order valence-electron chi connectivity index (χ3n) is 12.4. The summed E-state index contributed by atoms with van der Waals surface area (Å²) in [7, 11) is 0. The Morgan fingerprint density at radius 2 is 0.774 bits per heavy atom. The van der Waals surface area contributed by atoms with Gasteiger partial charge in [-0.2, -0.15) is 0 Å². The zero-order valence-electron chi connectivity index (χ0n) is 41.4. The minimum Gasteiger partial charge on any atom is -0.466 e. The molecule has 364 valence electrons. The summed E-state index contributed by atoms with van der Waals surface area (Å²) in [5.41, 5.74) is 0. The molecule has 6 heteroatoms. The number of allylic oxidation sites excluding steroid dienone is 5. The van der Waals surface area contributed by atoms with Crippen molar-refractivity contribution in [3.63, 3.8) is 0 Å². The Hall–Kier alpha value is -1.92. The molecule has 0 heterocycles. The van der Waals surface area contributed by atoms with Crippen LogP contribution >= 0.6 is 0 Å². The minimum absolute atomic E-state index is 0.000235. The first-order valence-electron chi connectivity index (χ1n) is 27.3. The van der Waals surface area contributed by atoms with E-state index < -0.39 is 12.1 Å². The molecular formula is C56H105NO5. The van der Waals surface area contributed by atoms with E-state index in [0.29, 0.717) is 19.4 Å². The van der Waals surface area contributed by atoms with Gasteiger partial charge in [-0.05, 0) is 77.0 Å². The Kier molecular flexibility index (Phi) is 50.1. The van der Waals surface area contributed by atoms with Crippen molar-refractivity contribution in [2.45, 2.75) is 296 Å². The molecule has 0 saturated carbocycles. The fourth-order valence-corrected chi connectivity index (χ4v) is 8.14. The molecule has 0 aromatic carbocycles. The van der Waals surface area contributed by atoms with Crippen molar-refractivity contribution in [3.8, 4) is 0 Å². The normalized spacial score (nSPS) is 12.9. The summed E-state index contributed by atoms with van der Waals surface area (Å²) in [5, 5.41) is 22.9. The number of esters is 1. The number of aliphatic hydroxyl groups excluding tert-OH is 2. The second-order valence-electron chi connectivity index (χ2n) is 18.5. The molecule has 6 nitrogen and oxygen atoms in total. The lowest BCUT2D eigenvalue weighted by Crippen LogP contribution is -2.45. The Bertz CT molecular complexity index is 1010. The molecule has 0 fully saturated rings. The van der Waals surface area contributed by atoms with E-state index in [0.717, 1.165) is 44.9 Å². The quantitative estimate of drug-likeness (QED) is 0.0321. The summed E-state index contributed by atoms with van der Waals surface area (Å²) < 4.78 is 5.45.